The molecule has 0 atom stereocenters. The number of urea groups is 1. The Balaban J connectivity index is 1.74. The molecule has 0 N–H and O–H groups in total. The highest BCUT2D eigenvalue weighted by molar-refractivity contribution is 6.06. The number of piperidine rings is 1. The molecule has 130 valence electrons. The molecule has 2 saturated heterocycles. The quantitative estimate of drug-likeness (QED) is 0.792. The van der Waals surface area contributed by atoms with Crippen LogP contribution in [0.1, 0.15) is 32.3 Å². The zero-order valence-corrected chi connectivity index (χ0v) is 14.7. The van der Waals surface area contributed by atoms with Crippen molar-refractivity contribution in [2.24, 2.45) is 5.92 Å². The molecule has 0 saturated carbocycles. The Hall–Kier alpha value is -1.95. The Morgan fingerprint density at radius 2 is 1.96 bits per heavy atom. The van der Waals surface area contributed by atoms with Crippen LogP contribution in [-0.4, -0.2) is 63.8 Å². The molecule has 2 aliphatic rings. The first-order valence-corrected chi connectivity index (χ1v) is 8.65. The molecule has 2 aliphatic heterocycles. The fraction of sp³-hybridized carbons (Fsp3) is 0.611. The van der Waals surface area contributed by atoms with Gasteiger partial charge in [0.25, 0.3) is 5.91 Å². The molecule has 6 nitrogen and oxygen atoms in total. The number of carbonyl (C=O) groups excluding carboxylic acids is 2. The zero-order valence-electron chi connectivity index (χ0n) is 14.7. The van der Waals surface area contributed by atoms with Crippen LogP contribution >= 0.6 is 0 Å². The van der Waals surface area contributed by atoms with Gasteiger partial charge in [-0.2, -0.15) is 0 Å². The summed E-state index contributed by atoms with van der Waals surface area (Å²) < 4.78 is 0. The second-order valence-corrected chi connectivity index (χ2v) is 7.32. The number of likely N-dealkylation sites (N-methyl/N-ethyl adjacent to an activating group) is 1. The van der Waals surface area contributed by atoms with Crippen molar-refractivity contribution in [1.29, 1.82) is 0 Å². The molecule has 1 aromatic heterocycles. The number of hydrogen-bond acceptors (Lipinski definition) is 4. The van der Waals surface area contributed by atoms with Gasteiger partial charge in [-0.3, -0.25) is 14.7 Å². The lowest BCUT2D eigenvalue weighted by Crippen LogP contribution is -2.55. The number of imide groups is 1. The van der Waals surface area contributed by atoms with Gasteiger partial charge < -0.3 is 9.80 Å². The Bertz CT molecular complexity index is 609. The maximum Gasteiger partial charge on any atom is 0.327 e. The third-order valence-corrected chi connectivity index (χ3v) is 5.17. The van der Waals surface area contributed by atoms with Crippen molar-refractivity contribution in [3.8, 4) is 0 Å². The van der Waals surface area contributed by atoms with Crippen LogP contribution in [0.5, 0.6) is 0 Å². The summed E-state index contributed by atoms with van der Waals surface area (Å²) in [5.74, 6) is 0.558. The lowest BCUT2D eigenvalue weighted by molar-refractivity contribution is -0.135. The first-order valence-electron chi connectivity index (χ1n) is 8.65. The fourth-order valence-electron chi connectivity index (χ4n) is 3.83. The smallest absolute Gasteiger partial charge is 0.312 e. The number of hydrogen-bond donors (Lipinski definition) is 0. The summed E-state index contributed by atoms with van der Waals surface area (Å²) in [6.45, 7) is 7.48. The van der Waals surface area contributed by atoms with Gasteiger partial charge in [-0.25, -0.2) is 4.79 Å². The minimum atomic E-state index is -0.660. The Morgan fingerprint density at radius 1 is 1.25 bits per heavy atom. The summed E-state index contributed by atoms with van der Waals surface area (Å²) in [6.07, 6.45) is 4.82. The minimum absolute atomic E-state index is 0.0527. The molecule has 0 aliphatic carbocycles. The second-order valence-electron chi connectivity index (χ2n) is 7.32. The summed E-state index contributed by atoms with van der Waals surface area (Å²) in [7, 11) is 1.77. The van der Waals surface area contributed by atoms with E-state index in [1.165, 1.54) is 4.90 Å². The first kappa shape index (κ1) is 16.9. The molecule has 0 aromatic carbocycles. The number of rotatable bonds is 4. The van der Waals surface area contributed by atoms with E-state index in [1.807, 2.05) is 12.1 Å². The summed E-state index contributed by atoms with van der Waals surface area (Å²) >= 11 is 0. The van der Waals surface area contributed by atoms with E-state index >= 15 is 0 Å². The van der Waals surface area contributed by atoms with E-state index in [4.69, 9.17) is 0 Å². The maximum absolute atomic E-state index is 13.1. The van der Waals surface area contributed by atoms with Crippen molar-refractivity contribution in [2.75, 3.05) is 26.7 Å². The van der Waals surface area contributed by atoms with Gasteiger partial charge in [-0.15, -0.1) is 0 Å². The molecular weight excluding hydrogens is 304 g/mol. The van der Waals surface area contributed by atoms with Crippen molar-refractivity contribution in [2.45, 2.75) is 38.8 Å². The predicted octanol–water partition coefficient (Wildman–Crippen LogP) is 1.97. The number of pyridine rings is 1. The summed E-state index contributed by atoms with van der Waals surface area (Å²) in [6, 6.07) is 3.52. The van der Waals surface area contributed by atoms with E-state index < -0.39 is 5.54 Å². The highest BCUT2D eigenvalue weighted by Crippen LogP contribution is 2.36. The molecule has 0 radical (unpaired) electrons. The molecule has 0 bridgehead atoms. The summed E-state index contributed by atoms with van der Waals surface area (Å²) in [4.78, 5) is 35.2. The van der Waals surface area contributed by atoms with Crippen molar-refractivity contribution >= 4 is 11.9 Å². The van der Waals surface area contributed by atoms with Crippen LogP contribution in [0.15, 0.2) is 24.5 Å². The van der Waals surface area contributed by atoms with Gasteiger partial charge in [0, 0.05) is 39.1 Å². The van der Waals surface area contributed by atoms with Gasteiger partial charge in [0.2, 0.25) is 0 Å². The molecule has 2 fully saturated rings. The largest absolute Gasteiger partial charge is 0.327 e. The van der Waals surface area contributed by atoms with Crippen LogP contribution in [0.3, 0.4) is 0 Å². The van der Waals surface area contributed by atoms with Crippen LogP contribution in [0, 0.1) is 5.92 Å². The molecule has 24 heavy (non-hydrogen) atoms. The van der Waals surface area contributed by atoms with Gasteiger partial charge in [0.05, 0.1) is 6.54 Å². The molecule has 3 rings (SSSR count). The van der Waals surface area contributed by atoms with E-state index in [1.54, 1.807) is 24.3 Å². The highest BCUT2D eigenvalue weighted by Gasteiger charge is 2.56. The third kappa shape index (κ3) is 2.90. The van der Waals surface area contributed by atoms with E-state index in [0.29, 0.717) is 25.3 Å². The van der Waals surface area contributed by atoms with Gasteiger partial charge in [0.15, 0.2) is 0 Å². The SMILES string of the molecule is CC(C)CN1CCC2(CC1)C(=O)N(Cc1cccnc1)C(=O)N2C. The van der Waals surface area contributed by atoms with Crippen molar-refractivity contribution in [1.82, 2.24) is 19.7 Å². The zero-order chi connectivity index (χ0) is 17.3. The van der Waals surface area contributed by atoms with Crippen LogP contribution in [0.4, 0.5) is 4.79 Å². The van der Waals surface area contributed by atoms with Crippen LogP contribution < -0.4 is 0 Å². The maximum atomic E-state index is 13.1. The fourth-order valence-corrected chi connectivity index (χ4v) is 3.83. The lowest BCUT2D eigenvalue weighted by Gasteiger charge is -2.41. The molecule has 3 amide bonds. The van der Waals surface area contributed by atoms with E-state index in [9.17, 15) is 9.59 Å². The number of amides is 3. The van der Waals surface area contributed by atoms with Gasteiger partial charge in [0.1, 0.15) is 5.54 Å². The van der Waals surface area contributed by atoms with Crippen molar-refractivity contribution < 1.29 is 9.59 Å². The Kier molecular flexibility index (Phi) is 4.58. The van der Waals surface area contributed by atoms with Gasteiger partial charge in [-0.05, 0) is 30.4 Å². The minimum Gasteiger partial charge on any atom is -0.312 e. The summed E-state index contributed by atoms with van der Waals surface area (Å²) in [5, 5.41) is 0. The normalized spacial score (nSPS) is 21.3. The molecule has 1 spiro atoms. The first-order chi connectivity index (χ1) is 11.4. The third-order valence-electron chi connectivity index (χ3n) is 5.17. The molecule has 6 heteroatoms. The number of nitrogens with zero attached hydrogens (tertiary/aromatic N) is 4. The van der Waals surface area contributed by atoms with Gasteiger partial charge >= 0.3 is 6.03 Å². The van der Waals surface area contributed by atoms with Gasteiger partial charge in [-0.1, -0.05) is 19.9 Å². The number of likely N-dealkylation sites (tertiary alicyclic amines) is 1. The van der Waals surface area contributed by atoms with E-state index in [-0.39, 0.29) is 11.9 Å². The standard InChI is InChI=1S/C18H26N4O2/c1-14(2)12-21-9-6-18(7-10-21)16(23)22(17(24)20(18)3)13-15-5-4-8-19-11-15/h4-5,8,11,14H,6-7,9-10,12-13H2,1-3H3. The van der Waals surface area contributed by atoms with Crippen LogP contribution in [-0.2, 0) is 11.3 Å². The lowest BCUT2D eigenvalue weighted by atomic mass is 9.86. The summed E-state index contributed by atoms with van der Waals surface area (Å²) in [5.41, 5.74) is 0.217. The molecule has 0 unspecified atom stereocenters. The predicted molar refractivity (Wildman–Crippen MR) is 91.2 cm³/mol. The Morgan fingerprint density at radius 3 is 2.54 bits per heavy atom. The monoisotopic (exact) mass is 330 g/mol. The van der Waals surface area contributed by atoms with Crippen molar-refractivity contribution in [3.05, 3.63) is 30.1 Å². The Labute approximate surface area is 143 Å². The average Bonchev–Trinajstić information content (AvgIpc) is 2.74. The van der Waals surface area contributed by atoms with Crippen molar-refractivity contribution in [3.63, 3.8) is 0 Å². The van der Waals surface area contributed by atoms with Crippen LogP contribution in [0.25, 0.3) is 0 Å². The molecule has 1 aromatic rings. The topological polar surface area (TPSA) is 56.8 Å². The van der Waals surface area contributed by atoms with E-state index in [0.717, 1.165) is 25.2 Å². The van der Waals surface area contributed by atoms with E-state index in [2.05, 4.69) is 23.7 Å². The molecule has 3 heterocycles. The van der Waals surface area contributed by atoms with Crippen LogP contribution in [0.2, 0.25) is 0 Å². The highest BCUT2D eigenvalue weighted by atomic mass is 16.2. The average molecular weight is 330 g/mol. The second kappa shape index (κ2) is 6.51. The number of aromatic nitrogens is 1. The number of carbonyl (C=O) groups is 2. The molecular formula is C18H26N4O2.